The fourth-order valence-electron chi connectivity index (χ4n) is 1.70. The van der Waals surface area contributed by atoms with Crippen LogP contribution in [0.4, 0.5) is 10.1 Å². The molecule has 0 saturated carbocycles. The van der Waals surface area contributed by atoms with Crippen LogP contribution in [-0.4, -0.2) is 4.98 Å². The fraction of sp³-hybridized carbons (Fsp3) is 0. The molecule has 1 aromatic heterocycles. The van der Waals surface area contributed by atoms with Crippen LogP contribution in [0.1, 0.15) is 0 Å². The van der Waals surface area contributed by atoms with Crippen molar-refractivity contribution in [3.63, 3.8) is 0 Å². The molecule has 0 spiro atoms. The molecule has 0 bridgehead atoms. The highest BCUT2D eigenvalue weighted by Crippen LogP contribution is 2.33. The van der Waals surface area contributed by atoms with Crippen LogP contribution in [-0.2, 0) is 0 Å². The third-order valence-corrected chi connectivity index (χ3v) is 4.01. The Kier molecular flexibility index (Phi) is 2.69. The van der Waals surface area contributed by atoms with Crippen LogP contribution in [0, 0.1) is 5.82 Å². The van der Waals surface area contributed by atoms with Gasteiger partial charge < -0.3 is 5.73 Å². The van der Waals surface area contributed by atoms with Crippen LogP contribution in [0.25, 0.3) is 20.8 Å². The first-order valence-electron chi connectivity index (χ1n) is 5.25. The third-order valence-electron chi connectivity index (χ3n) is 2.62. The first-order valence-corrected chi connectivity index (χ1v) is 6.45. The molecule has 0 atom stereocenters. The minimum Gasteiger partial charge on any atom is -0.398 e. The van der Waals surface area contributed by atoms with E-state index < -0.39 is 0 Å². The molecular formula is C13H8ClFN2S. The topological polar surface area (TPSA) is 38.9 Å². The van der Waals surface area contributed by atoms with Gasteiger partial charge in [0.15, 0.2) is 0 Å². The van der Waals surface area contributed by atoms with Crippen molar-refractivity contribution < 1.29 is 4.39 Å². The highest BCUT2D eigenvalue weighted by molar-refractivity contribution is 7.21. The van der Waals surface area contributed by atoms with Crippen molar-refractivity contribution in [1.29, 1.82) is 0 Å². The Balaban J connectivity index is 2.19. The van der Waals surface area contributed by atoms with E-state index in [2.05, 4.69) is 4.98 Å². The summed E-state index contributed by atoms with van der Waals surface area (Å²) < 4.78 is 14.4. The van der Waals surface area contributed by atoms with Gasteiger partial charge in [-0.3, -0.25) is 0 Å². The molecule has 3 aromatic rings. The van der Waals surface area contributed by atoms with E-state index in [9.17, 15) is 4.39 Å². The van der Waals surface area contributed by atoms with Crippen molar-refractivity contribution in [2.75, 3.05) is 5.73 Å². The fourth-order valence-corrected chi connectivity index (χ4v) is 2.86. The summed E-state index contributed by atoms with van der Waals surface area (Å²) in [6, 6.07) is 10.2. The van der Waals surface area contributed by atoms with Gasteiger partial charge in [0.2, 0.25) is 0 Å². The molecule has 0 saturated heterocycles. The highest BCUT2D eigenvalue weighted by atomic mass is 35.5. The average molecular weight is 279 g/mol. The Labute approximate surface area is 112 Å². The van der Waals surface area contributed by atoms with Gasteiger partial charge in [0, 0.05) is 5.56 Å². The van der Waals surface area contributed by atoms with E-state index in [1.54, 1.807) is 18.2 Å². The van der Waals surface area contributed by atoms with E-state index in [1.165, 1.54) is 17.4 Å². The van der Waals surface area contributed by atoms with E-state index >= 15 is 0 Å². The molecule has 0 unspecified atom stereocenters. The number of rotatable bonds is 1. The van der Waals surface area contributed by atoms with Crippen molar-refractivity contribution in [1.82, 2.24) is 4.98 Å². The maximum Gasteiger partial charge on any atom is 0.150 e. The van der Waals surface area contributed by atoms with Crippen molar-refractivity contribution in [3.8, 4) is 10.6 Å². The normalized spacial score (nSPS) is 11.0. The van der Waals surface area contributed by atoms with Gasteiger partial charge in [-0.2, -0.15) is 0 Å². The zero-order valence-corrected chi connectivity index (χ0v) is 10.7. The van der Waals surface area contributed by atoms with Crippen molar-refractivity contribution in [3.05, 3.63) is 47.2 Å². The third kappa shape index (κ3) is 1.83. The molecule has 0 aliphatic rings. The van der Waals surface area contributed by atoms with Crippen molar-refractivity contribution in [2.45, 2.75) is 0 Å². The highest BCUT2D eigenvalue weighted by Gasteiger charge is 2.10. The van der Waals surface area contributed by atoms with Gasteiger partial charge >= 0.3 is 0 Å². The van der Waals surface area contributed by atoms with Crippen LogP contribution in [0.3, 0.4) is 0 Å². The minimum absolute atomic E-state index is 0.309. The quantitative estimate of drug-likeness (QED) is 0.673. The predicted molar refractivity (Wildman–Crippen MR) is 74.4 cm³/mol. The second-order valence-electron chi connectivity index (χ2n) is 3.84. The maximum absolute atomic E-state index is 13.6. The molecule has 0 fully saturated rings. The number of hydrogen-bond acceptors (Lipinski definition) is 3. The number of aromatic nitrogens is 1. The molecule has 2 aromatic carbocycles. The Morgan fingerprint density at radius 3 is 2.78 bits per heavy atom. The molecule has 5 heteroatoms. The number of hydrogen-bond donors (Lipinski definition) is 1. The maximum atomic E-state index is 13.6. The molecule has 2 N–H and O–H groups in total. The number of nitrogen functional groups attached to an aromatic ring is 1. The smallest absolute Gasteiger partial charge is 0.150 e. The Morgan fingerprint density at radius 2 is 2.06 bits per heavy atom. The first kappa shape index (κ1) is 11.4. The Bertz CT molecular complexity index is 739. The largest absolute Gasteiger partial charge is 0.398 e. The summed E-state index contributed by atoms with van der Waals surface area (Å²) in [5.74, 6) is -0.309. The number of thiazole rings is 1. The lowest BCUT2D eigenvalue weighted by molar-refractivity contribution is 0.637. The van der Waals surface area contributed by atoms with Crippen LogP contribution in [0.5, 0.6) is 0 Å². The molecule has 0 radical (unpaired) electrons. The van der Waals surface area contributed by atoms with Crippen molar-refractivity contribution in [2.24, 2.45) is 0 Å². The van der Waals surface area contributed by atoms with Gasteiger partial charge in [0.05, 0.1) is 15.4 Å². The molecule has 0 aliphatic carbocycles. The summed E-state index contributed by atoms with van der Waals surface area (Å²) in [4.78, 5) is 4.30. The summed E-state index contributed by atoms with van der Waals surface area (Å²) in [7, 11) is 0. The molecule has 3 rings (SSSR count). The van der Waals surface area contributed by atoms with E-state index in [0.717, 1.165) is 15.3 Å². The first-order chi connectivity index (χ1) is 8.65. The van der Waals surface area contributed by atoms with Crippen LogP contribution >= 0.6 is 22.9 Å². The molecule has 0 aliphatic heterocycles. The number of nitrogens with zero attached hydrogens (tertiary/aromatic N) is 1. The van der Waals surface area contributed by atoms with Crippen LogP contribution in [0.2, 0.25) is 5.02 Å². The van der Waals surface area contributed by atoms with Gasteiger partial charge in [-0.25, -0.2) is 9.37 Å². The average Bonchev–Trinajstić information content (AvgIpc) is 2.78. The number of halogens is 2. The second-order valence-corrected chi connectivity index (χ2v) is 5.28. The summed E-state index contributed by atoms with van der Waals surface area (Å²) in [5, 5.41) is 1.21. The second kappa shape index (κ2) is 4.23. The van der Waals surface area contributed by atoms with Crippen LogP contribution < -0.4 is 5.73 Å². The molecule has 90 valence electrons. The Hall–Kier alpha value is -1.65. The number of nitrogens with two attached hydrogens (primary N) is 1. The van der Waals surface area contributed by atoms with Gasteiger partial charge in [-0.1, -0.05) is 17.7 Å². The summed E-state index contributed by atoms with van der Waals surface area (Å²) in [6.07, 6.45) is 0. The molecule has 0 amide bonds. The minimum atomic E-state index is -0.309. The number of para-hydroxylation sites is 1. The van der Waals surface area contributed by atoms with E-state index in [0.29, 0.717) is 16.2 Å². The zero-order chi connectivity index (χ0) is 12.7. The molecule has 2 nitrogen and oxygen atoms in total. The molecule has 18 heavy (non-hydrogen) atoms. The summed E-state index contributed by atoms with van der Waals surface area (Å²) in [6.45, 7) is 0. The number of anilines is 1. The zero-order valence-electron chi connectivity index (χ0n) is 9.15. The number of fused-ring (bicyclic) bond motifs is 1. The SMILES string of the molecule is Nc1ccc(-c2nc3c(F)cccc3s2)cc1Cl. The van der Waals surface area contributed by atoms with Gasteiger partial charge in [-0.15, -0.1) is 11.3 Å². The van der Waals surface area contributed by atoms with E-state index in [-0.39, 0.29) is 5.82 Å². The lowest BCUT2D eigenvalue weighted by Crippen LogP contribution is -1.86. The van der Waals surface area contributed by atoms with Crippen molar-refractivity contribution >= 4 is 38.8 Å². The molecular weight excluding hydrogens is 271 g/mol. The molecule has 1 heterocycles. The number of benzene rings is 2. The van der Waals surface area contributed by atoms with Gasteiger partial charge in [0.1, 0.15) is 16.3 Å². The van der Waals surface area contributed by atoms with E-state index in [1.807, 2.05) is 12.1 Å². The monoisotopic (exact) mass is 278 g/mol. The summed E-state index contributed by atoms with van der Waals surface area (Å²) >= 11 is 7.40. The summed E-state index contributed by atoms with van der Waals surface area (Å²) in [5.41, 5.74) is 7.41. The standard InChI is InChI=1S/C13H8ClFN2S/c14-8-6-7(4-5-10(8)16)13-17-12-9(15)2-1-3-11(12)18-13/h1-6H,16H2. The van der Waals surface area contributed by atoms with Crippen LogP contribution in [0.15, 0.2) is 36.4 Å². The lowest BCUT2D eigenvalue weighted by atomic mass is 10.2. The lowest BCUT2D eigenvalue weighted by Gasteiger charge is -1.99. The van der Waals surface area contributed by atoms with Gasteiger partial charge in [-0.05, 0) is 30.3 Å². The van der Waals surface area contributed by atoms with Gasteiger partial charge in [0.25, 0.3) is 0 Å². The Morgan fingerprint density at radius 1 is 1.22 bits per heavy atom. The van der Waals surface area contributed by atoms with E-state index in [4.69, 9.17) is 17.3 Å². The predicted octanol–water partition coefficient (Wildman–Crippen LogP) is 4.34.